The highest BCUT2D eigenvalue weighted by Crippen LogP contribution is 2.09. The quantitative estimate of drug-likeness (QED) is 0.513. The Morgan fingerprint density at radius 3 is 2.58 bits per heavy atom. The van der Waals surface area contributed by atoms with Crippen molar-refractivity contribution in [1.29, 1.82) is 0 Å². The third kappa shape index (κ3) is 8.85. The summed E-state index contributed by atoms with van der Waals surface area (Å²) < 4.78 is 7.07. The number of pyridine rings is 1. The summed E-state index contributed by atoms with van der Waals surface area (Å²) in [5.74, 6) is 0.832. The summed E-state index contributed by atoms with van der Waals surface area (Å²) in [6.07, 6.45) is 6.70. The van der Waals surface area contributed by atoms with Crippen LogP contribution in [0, 0.1) is 6.92 Å². The first-order valence-electron chi connectivity index (χ1n) is 10.9. The number of aromatic nitrogens is 3. The van der Waals surface area contributed by atoms with Gasteiger partial charge in [-0.3, -0.25) is 9.27 Å². The second-order valence-corrected chi connectivity index (χ2v) is 7.70. The van der Waals surface area contributed by atoms with Crippen LogP contribution in [-0.4, -0.2) is 39.8 Å². The van der Waals surface area contributed by atoms with Crippen molar-refractivity contribution in [2.75, 3.05) is 25.0 Å². The summed E-state index contributed by atoms with van der Waals surface area (Å²) in [5, 5.41) is 8.78. The van der Waals surface area contributed by atoms with Crippen LogP contribution in [0.15, 0.2) is 30.9 Å². The molecule has 0 radical (unpaired) electrons. The summed E-state index contributed by atoms with van der Waals surface area (Å²) >= 11 is 5.48. The summed E-state index contributed by atoms with van der Waals surface area (Å²) in [6.45, 7) is 18.7. The van der Waals surface area contributed by atoms with Crippen molar-refractivity contribution >= 4 is 30.0 Å². The molecule has 0 atom stereocenters. The van der Waals surface area contributed by atoms with Crippen LogP contribution in [0.5, 0.6) is 0 Å². The van der Waals surface area contributed by atoms with Gasteiger partial charge in [0.2, 0.25) is 5.95 Å². The molecule has 0 bridgehead atoms. The van der Waals surface area contributed by atoms with E-state index in [0.717, 1.165) is 47.5 Å². The highest BCUT2D eigenvalue weighted by Gasteiger charge is 2.16. The number of anilines is 1. The van der Waals surface area contributed by atoms with E-state index in [1.54, 1.807) is 6.08 Å². The van der Waals surface area contributed by atoms with Gasteiger partial charge in [-0.2, -0.15) is 0 Å². The van der Waals surface area contributed by atoms with Gasteiger partial charge in [0.1, 0.15) is 0 Å². The Hall–Kier alpha value is -2.15. The molecular formula is C24H38ClN5O. The van der Waals surface area contributed by atoms with Crippen LogP contribution < -0.4 is 21.3 Å². The van der Waals surface area contributed by atoms with Crippen molar-refractivity contribution in [3.8, 4) is 0 Å². The molecule has 7 heteroatoms. The maximum absolute atomic E-state index is 5.48. The summed E-state index contributed by atoms with van der Waals surface area (Å²) in [7, 11) is 0. The van der Waals surface area contributed by atoms with Crippen molar-refractivity contribution in [1.82, 2.24) is 19.9 Å². The molecule has 6 nitrogen and oxygen atoms in total. The summed E-state index contributed by atoms with van der Waals surface area (Å²) in [4.78, 5) is 9.41. The maximum atomic E-state index is 5.48. The normalized spacial score (nSPS) is 12.5. The van der Waals surface area contributed by atoms with Crippen molar-refractivity contribution in [3.63, 3.8) is 0 Å². The van der Waals surface area contributed by atoms with E-state index in [0.29, 0.717) is 13.1 Å². The zero-order valence-electron chi connectivity index (χ0n) is 19.8. The van der Waals surface area contributed by atoms with Gasteiger partial charge < -0.3 is 15.2 Å². The van der Waals surface area contributed by atoms with Gasteiger partial charge in [-0.25, -0.2) is 4.98 Å². The number of allylic oxidation sites excluding steroid dienone is 1. The topological polar surface area (TPSA) is 64.0 Å². The molecule has 0 unspecified atom stereocenters. The highest BCUT2D eigenvalue weighted by molar-refractivity contribution is 6.07. The van der Waals surface area contributed by atoms with Gasteiger partial charge in [0.15, 0.2) is 0 Å². The lowest BCUT2D eigenvalue weighted by molar-refractivity contribution is 0.123. The van der Waals surface area contributed by atoms with Crippen LogP contribution in [0.1, 0.15) is 52.4 Å². The number of nitrogens with one attached hydrogen (secondary N) is 2. The van der Waals surface area contributed by atoms with Gasteiger partial charge in [-0.1, -0.05) is 38.6 Å². The number of halogens is 1. The summed E-state index contributed by atoms with van der Waals surface area (Å²) in [5.41, 5.74) is 1.63. The van der Waals surface area contributed by atoms with Crippen molar-refractivity contribution in [2.24, 2.45) is 0 Å². The zero-order valence-corrected chi connectivity index (χ0v) is 20.6. The molecule has 31 heavy (non-hydrogen) atoms. The highest BCUT2D eigenvalue weighted by atomic mass is 35.5. The van der Waals surface area contributed by atoms with E-state index < -0.39 is 0 Å². The molecule has 2 aromatic heterocycles. The Balaban J connectivity index is 0.00000233. The van der Waals surface area contributed by atoms with Crippen molar-refractivity contribution in [2.45, 2.75) is 60.1 Å². The van der Waals surface area contributed by atoms with Gasteiger partial charge in [-0.15, -0.1) is 0 Å². The predicted octanol–water partition coefficient (Wildman–Crippen LogP) is 3.77. The fraction of sp³-hybridized carbons (Fsp3) is 0.500. The Labute approximate surface area is 192 Å². The number of aryl methyl sites for hydroxylation is 1. The van der Waals surface area contributed by atoms with Crippen LogP contribution in [0.3, 0.4) is 0 Å². The number of hydrogen-bond acceptors (Lipinski definition) is 5. The molecule has 2 heterocycles. The Kier molecular flexibility index (Phi) is 12.2. The lowest BCUT2D eigenvalue weighted by Gasteiger charge is -2.20. The van der Waals surface area contributed by atoms with E-state index in [4.69, 9.17) is 21.1 Å². The van der Waals surface area contributed by atoms with Crippen LogP contribution in [-0.2, 0) is 10.8 Å². The third-order valence-electron chi connectivity index (χ3n) is 4.42. The maximum Gasteiger partial charge on any atom is 0.204 e. The lowest BCUT2D eigenvalue weighted by atomic mass is 10.1. The lowest BCUT2D eigenvalue weighted by Crippen LogP contribution is -2.36. The molecule has 2 aromatic rings. The van der Waals surface area contributed by atoms with Gasteiger partial charge in [-0.05, 0) is 58.9 Å². The van der Waals surface area contributed by atoms with Crippen LogP contribution in [0.25, 0.3) is 12.2 Å². The SMILES string of the molecule is C=C/C=c1/nc(NCCCNCC(C)(C)OCl)n(Cc2cccc(C)n2)/c1=C/C.CC. The second kappa shape index (κ2) is 14.0. The molecule has 0 saturated carbocycles. The minimum absolute atomic E-state index is 0.382. The first kappa shape index (κ1) is 26.9. The van der Waals surface area contributed by atoms with Crippen molar-refractivity contribution < 1.29 is 4.29 Å². The standard InChI is InChI=1S/C22H32ClN5O.C2H6/c1-6-10-19-20(7-2)28(15-18-12-8-11-17(3)26-18)21(27-19)25-14-9-13-24-16-22(4,5)29-23;1-2/h6-8,10-12,24H,1,9,13-16H2,2-5H3,(H,25,27);1-2H3/b19-10+,20-7+;. The molecule has 0 spiro atoms. The first-order chi connectivity index (χ1) is 14.9. The van der Waals surface area contributed by atoms with E-state index in [-0.39, 0.29) is 5.60 Å². The zero-order chi connectivity index (χ0) is 23.3. The molecular weight excluding hydrogens is 410 g/mol. The van der Waals surface area contributed by atoms with E-state index in [1.165, 1.54) is 0 Å². The van der Waals surface area contributed by atoms with E-state index >= 15 is 0 Å². The predicted molar refractivity (Wildman–Crippen MR) is 133 cm³/mol. The number of hydrogen-bond donors (Lipinski definition) is 2. The fourth-order valence-corrected chi connectivity index (χ4v) is 3.05. The van der Waals surface area contributed by atoms with Gasteiger partial charge in [0.05, 0.1) is 40.4 Å². The largest absolute Gasteiger partial charge is 0.356 e. The molecule has 172 valence electrons. The fourth-order valence-electron chi connectivity index (χ4n) is 3.00. The van der Waals surface area contributed by atoms with Gasteiger partial charge in [0.25, 0.3) is 0 Å². The van der Waals surface area contributed by atoms with Crippen LogP contribution >= 0.6 is 11.9 Å². The van der Waals surface area contributed by atoms with Crippen LogP contribution in [0.4, 0.5) is 5.95 Å². The smallest absolute Gasteiger partial charge is 0.204 e. The summed E-state index contributed by atoms with van der Waals surface area (Å²) in [6, 6.07) is 6.08. The van der Waals surface area contributed by atoms with Crippen LogP contribution in [0.2, 0.25) is 0 Å². The molecule has 0 saturated heterocycles. The molecule has 0 fully saturated rings. The van der Waals surface area contributed by atoms with Crippen molar-refractivity contribution in [3.05, 3.63) is 52.9 Å². The first-order valence-corrected chi connectivity index (χ1v) is 11.2. The minimum atomic E-state index is -0.382. The minimum Gasteiger partial charge on any atom is -0.356 e. The van der Waals surface area contributed by atoms with E-state index in [1.807, 2.05) is 65.8 Å². The molecule has 0 aliphatic rings. The average Bonchev–Trinajstić information content (AvgIpc) is 3.08. The third-order valence-corrected chi connectivity index (χ3v) is 4.84. The molecule has 0 amide bonds. The number of imidazole rings is 1. The monoisotopic (exact) mass is 447 g/mol. The van der Waals surface area contributed by atoms with Gasteiger partial charge >= 0.3 is 0 Å². The number of rotatable bonds is 11. The molecule has 0 aliphatic carbocycles. The molecule has 2 rings (SSSR count). The average molecular weight is 448 g/mol. The van der Waals surface area contributed by atoms with Gasteiger partial charge in [0, 0.05) is 18.8 Å². The second-order valence-electron chi connectivity index (χ2n) is 7.55. The Morgan fingerprint density at radius 1 is 1.23 bits per heavy atom. The Bertz CT molecular complexity index is 921. The molecule has 0 aromatic carbocycles. The molecule has 0 aliphatic heterocycles. The van der Waals surface area contributed by atoms with E-state index in [9.17, 15) is 0 Å². The number of nitrogens with zero attached hydrogens (tertiary/aromatic N) is 3. The van der Waals surface area contributed by atoms with E-state index in [2.05, 4.69) is 32.8 Å². The molecule has 2 N–H and O–H groups in total. The Morgan fingerprint density at radius 2 is 1.97 bits per heavy atom.